The minimum atomic E-state index is -1.26. The summed E-state index contributed by atoms with van der Waals surface area (Å²) in [7, 11) is 0. The summed E-state index contributed by atoms with van der Waals surface area (Å²) < 4.78 is 0. The van der Waals surface area contributed by atoms with Crippen LogP contribution in [0.5, 0.6) is 17.2 Å². The van der Waals surface area contributed by atoms with Gasteiger partial charge in [-0.25, -0.2) is 0 Å². The van der Waals surface area contributed by atoms with Crippen molar-refractivity contribution < 1.29 is 20.4 Å². The highest BCUT2D eigenvalue weighted by molar-refractivity contribution is 5.49. The standard InChI is InChI=1S/C9H9NO4/c10-2-1-6(12)9-7(13)3-5(11)4-8(9)14/h3-4,6,11-14H,1H2. The Labute approximate surface area is 80.1 Å². The molecule has 0 radical (unpaired) electrons. The molecule has 0 heterocycles. The van der Waals surface area contributed by atoms with Crippen LogP contribution in [-0.4, -0.2) is 20.4 Å². The van der Waals surface area contributed by atoms with Gasteiger partial charge in [0, 0.05) is 12.1 Å². The van der Waals surface area contributed by atoms with Gasteiger partial charge in [0.1, 0.15) is 17.2 Å². The van der Waals surface area contributed by atoms with Gasteiger partial charge < -0.3 is 20.4 Å². The van der Waals surface area contributed by atoms with Crippen LogP contribution in [0.4, 0.5) is 0 Å². The lowest BCUT2D eigenvalue weighted by atomic mass is 10.0. The van der Waals surface area contributed by atoms with Crippen LogP contribution in [-0.2, 0) is 0 Å². The van der Waals surface area contributed by atoms with Crippen molar-refractivity contribution in [3.63, 3.8) is 0 Å². The Balaban J connectivity index is 3.15. The highest BCUT2D eigenvalue weighted by Gasteiger charge is 2.17. The maximum atomic E-state index is 9.35. The first-order valence-electron chi connectivity index (χ1n) is 3.86. The molecule has 0 fully saturated rings. The third-order valence-electron chi connectivity index (χ3n) is 1.74. The van der Waals surface area contributed by atoms with Crippen molar-refractivity contribution in [3.8, 4) is 23.3 Å². The zero-order chi connectivity index (χ0) is 10.7. The lowest BCUT2D eigenvalue weighted by molar-refractivity contribution is 0.175. The van der Waals surface area contributed by atoms with Gasteiger partial charge in [0.05, 0.1) is 24.2 Å². The summed E-state index contributed by atoms with van der Waals surface area (Å²) in [4.78, 5) is 0. The summed E-state index contributed by atoms with van der Waals surface area (Å²) in [5, 5.41) is 45.2. The van der Waals surface area contributed by atoms with Crippen LogP contribution in [0.2, 0.25) is 0 Å². The number of hydrogen-bond acceptors (Lipinski definition) is 5. The number of nitrogens with zero attached hydrogens (tertiary/aromatic N) is 1. The van der Waals surface area contributed by atoms with Crippen LogP contribution in [0.25, 0.3) is 0 Å². The van der Waals surface area contributed by atoms with Crippen molar-refractivity contribution in [2.75, 3.05) is 0 Å². The third kappa shape index (κ3) is 1.87. The first-order chi connectivity index (χ1) is 6.56. The van der Waals surface area contributed by atoms with Gasteiger partial charge in [-0.1, -0.05) is 0 Å². The van der Waals surface area contributed by atoms with Gasteiger partial charge in [0.2, 0.25) is 0 Å². The van der Waals surface area contributed by atoms with Gasteiger partial charge in [0.15, 0.2) is 0 Å². The number of rotatable bonds is 2. The molecular weight excluding hydrogens is 186 g/mol. The van der Waals surface area contributed by atoms with Gasteiger partial charge in [-0.05, 0) is 0 Å². The lowest BCUT2D eigenvalue weighted by Crippen LogP contribution is -1.97. The van der Waals surface area contributed by atoms with Crippen molar-refractivity contribution >= 4 is 0 Å². The number of phenols is 3. The highest BCUT2D eigenvalue weighted by Crippen LogP contribution is 2.37. The lowest BCUT2D eigenvalue weighted by Gasteiger charge is -2.11. The second-order valence-corrected chi connectivity index (χ2v) is 2.78. The van der Waals surface area contributed by atoms with Crippen LogP contribution in [0.1, 0.15) is 18.1 Å². The van der Waals surface area contributed by atoms with E-state index < -0.39 is 17.6 Å². The van der Waals surface area contributed by atoms with E-state index in [4.69, 9.17) is 10.4 Å². The number of hydrogen-bond donors (Lipinski definition) is 4. The Hall–Kier alpha value is -1.93. The van der Waals surface area contributed by atoms with E-state index in [1.807, 2.05) is 0 Å². The second kappa shape index (κ2) is 3.85. The van der Waals surface area contributed by atoms with Crippen LogP contribution in [0, 0.1) is 11.3 Å². The van der Waals surface area contributed by atoms with E-state index in [1.165, 1.54) is 0 Å². The molecule has 0 aliphatic heterocycles. The van der Waals surface area contributed by atoms with E-state index in [1.54, 1.807) is 6.07 Å². The molecule has 1 rings (SSSR count). The molecule has 0 saturated heterocycles. The molecule has 1 aromatic rings. The molecule has 5 nitrogen and oxygen atoms in total. The smallest absolute Gasteiger partial charge is 0.128 e. The Morgan fingerprint density at radius 1 is 1.21 bits per heavy atom. The molecule has 0 aromatic heterocycles. The number of aliphatic hydroxyl groups is 1. The predicted octanol–water partition coefficient (Wildman–Crippen LogP) is 0.750. The summed E-state index contributed by atoms with van der Waals surface area (Å²) >= 11 is 0. The molecule has 0 saturated carbocycles. The predicted molar refractivity (Wildman–Crippen MR) is 46.6 cm³/mol. The minimum Gasteiger partial charge on any atom is -0.508 e. The highest BCUT2D eigenvalue weighted by atomic mass is 16.3. The first-order valence-corrected chi connectivity index (χ1v) is 3.86. The van der Waals surface area contributed by atoms with Gasteiger partial charge in [-0.2, -0.15) is 5.26 Å². The Kier molecular flexibility index (Phi) is 2.79. The fraction of sp³-hybridized carbons (Fsp3) is 0.222. The number of aliphatic hydroxyl groups excluding tert-OH is 1. The van der Waals surface area contributed by atoms with Crippen LogP contribution in [0.3, 0.4) is 0 Å². The topological polar surface area (TPSA) is 105 Å². The van der Waals surface area contributed by atoms with Gasteiger partial charge in [0.25, 0.3) is 0 Å². The largest absolute Gasteiger partial charge is 0.508 e. The van der Waals surface area contributed by atoms with Crippen molar-refractivity contribution in [2.45, 2.75) is 12.5 Å². The van der Waals surface area contributed by atoms with Crippen LogP contribution in [0.15, 0.2) is 12.1 Å². The van der Waals surface area contributed by atoms with E-state index in [0.717, 1.165) is 12.1 Å². The van der Waals surface area contributed by atoms with Crippen molar-refractivity contribution in [1.29, 1.82) is 5.26 Å². The van der Waals surface area contributed by atoms with E-state index in [9.17, 15) is 15.3 Å². The monoisotopic (exact) mass is 195 g/mol. The van der Waals surface area contributed by atoms with E-state index in [-0.39, 0.29) is 17.7 Å². The van der Waals surface area contributed by atoms with Crippen molar-refractivity contribution in [1.82, 2.24) is 0 Å². The van der Waals surface area contributed by atoms with Gasteiger partial charge in [-0.3, -0.25) is 0 Å². The first kappa shape index (κ1) is 10.2. The van der Waals surface area contributed by atoms with Gasteiger partial charge >= 0.3 is 0 Å². The second-order valence-electron chi connectivity index (χ2n) is 2.78. The average Bonchev–Trinajstić information content (AvgIpc) is 2.01. The molecule has 1 atom stereocenters. The quantitative estimate of drug-likeness (QED) is 0.557. The van der Waals surface area contributed by atoms with E-state index in [2.05, 4.69) is 0 Å². The minimum absolute atomic E-state index is 0.149. The SMILES string of the molecule is N#CCC(O)c1c(O)cc(O)cc1O. The summed E-state index contributed by atoms with van der Waals surface area (Å²) in [6, 6.07) is 3.66. The summed E-state index contributed by atoms with van der Waals surface area (Å²) in [6.45, 7) is 0. The Morgan fingerprint density at radius 2 is 1.71 bits per heavy atom. The molecular formula is C9H9NO4. The molecule has 5 heteroatoms. The molecule has 0 amide bonds. The Morgan fingerprint density at radius 3 is 2.14 bits per heavy atom. The third-order valence-corrected chi connectivity index (χ3v) is 1.74. The van der Waals surface area contributed by atoms with Crippen LogP contribution >= 0.6 is 0 Å². The molecule has 1 aromatic carbocycles. The molecule has 74 valence electrons. The molecule has 0 spiro atoms. The molecule has 1 unspecified atom stereocenters. The number of phenolic OH excluding ortho intramolecular Hbond substituents is 3. The molecule has 0 bridgehead atoms. The number of nitriles is 1. The van der Waals surface area contributed by atoms with Crippen molar-refractivity contribution in [2.24, 2.45) is 0 Å². The van der Waals surface area contributed by atoms with E-state index in [0.29, 0.717) is 0 Å². The fourth-order valence-electron chi connectivity index (χ4n) is 1.14. The average molecular weight is 195 g/mol. The zero-order valence-electron chi connectivity index (χ0n) is 7.18. The Bertz CT molecular complexity index is 360. The molecule has 0 aliphatic carbocycles. The van der Waals surface area contributed by atoms with Crippen molar-refractivity contribution in [3.05, 3.63) is 17.7 Å². The molecule has 14 heavy (non-hydrogen) atoms. The number of benzene rings is 1. The summed E-state index contributed by atoms with van der Waals surface area (Å²) in [5.41, 5.74) is -0.149. The summed E-state index contributed by atoms with van der Waals surface area (Å²) in [5.74, 6) is -1.19. The van der Waals surface area contributed by atoms with Gasteiger partial charge in [-0.15, -0.1) is 0 Å². The number of aromatic hydroxyl groups is 3. The zero-order valence-corrected chi connectivity index (χ0v) is 7.18. The normalized spacial score (nSPS) is 12.0. The fourth-order valence-corrected chi connectivity index (χ4v) is 1.14. The van der Waals surface area contributed by atoms with E-state index >= 15 is 0 Å². The molecule has 4 N–H and O–H groups in total. The molecule has 0 aliphatic rings. The summed E-state index contributed by atoms with van der Waals surface area (Å²) in [6.07, 6.45) is -1.51. The van der Waals surface area contributed by atoms with Crippen LogP contribution < -0.4 is 0 Å². The maximum absolute atomic E-state index is 9.35. The maximum Gasteiger partial charge on any atom is 0.128 e.